The molecule has 6 nitrogen and oxygen atoms in total. The van der Waals surface area contributed by atoms with E-state index in [1.807, 2.05) is 61.5 Å². The second-order valence-electron chi connectivity index (χ2n) is 10.6. The highest BCUT2D eigenvalue weighted by atomic mass is 79.9. The Balaban J connectivity index is 1.19. The molecule has 0 radical (unpaired) electrons. The SMILES string of the molecule is CCOc1cc(/C=N/N2C(=O)C3C4c5ccccc5C(c5ccccc54)C3C2=O)cc(Br)c1OCc1ccccc1Cl. The molecule has 1 fully saturated rings. The summed E-state index contributed by atoms with van der Waals surface area (Å²) < 4.78 is 12.6. The van der Waals surface area contributed by atoms with Crippen molar-refractivity contribution in [2.24, 2.45) is 16.9 Å². The van der Waals surface area contributed by atoms with Gasteiger partial charge in [-0.1, -0.05) is 78.3 Å². The van der Waals surface area contributed by atoms with Gasteiger partial charge in [0.15, 0.2) is 11.5 Å². The Bertz CT molecular complexity index is 1660. The van der Waals surface area contributed by atoms with Crippen molar-refractivity contribution in [1.82, 2.24) is 5.01 Å². The van der Waals surface area contributed by atoms with Crippen molar-refractivity contribution in [2.45, 2.75) is 25.4 Å². The van der Waals surface area contributed by atoms with Crippen molar-refractivity contribution in [2.75, 3.05) is 6.61 Å². The number of rotatable bonds is 7. The minimum atomic E-state index is -0.476. The minimum Gasteiger partial charge on any atom is -0.490 e. The first-order valence-corrected chi connectivity index (χ1v) is 15.1. The molecule has 4 aromatic rings. The van der Waals surface area contributed by atoms with E-state index in [0.717, 1.165) is 32.8 Å². The average Bonchev–Trinajstić information content (AvgIpc) is 3.26. The highest BCUT2D eigenvalue weighted by Crippen LogP contribution is 2.61. The van der Waals surface area contributed by atoms with Gasteiger partial charge in [0.2, 0.25) is 0 Å². The number of halogens is 2. The number of ether oxygens (including phenoxy) is 2. The van der Waals surface area contributed by atoms with Gasteiger partial charge in [-0.2, -0.15) is 10.1 Å². The molecule has 4 aliphatic rings. The van der Waals surface area contributed by atoms with Crippen molar-refractivity contribution in [3.8, 4) is 11.5 Å². The molecule has 2 bridgehead atoms. The summed E-state index contributed by atoms with van der Waals surface area (Å²) in [5.74, 6) is -0.772. The second kappa shape index (κ2) is 10.7. The first-order chi connectivity index (χ1) is 20.5. The fraction of sp³-hybridized carbons (Fsp3) is 0.206. The van der Waals surface area contributed by atoms with Crippen LogP contribution < -0.4 is 9.47 Å². The Morgan fingerprint density at radius 3 is 1.93 bits per heavy atom. The van der Waals surface area contributed by atoms with Crippen molar-refractivity contribution in [1.29, 1.82) is 0 Å². The standard InChI is InChI=1S/C34H26BrClN2O4/c1-2-41-27-16-19(15-25(35)32(27)42-18-20-9-3-8-14-26(20)36)17-37-38-33(39)30-28-21-10-4-5-11-22(21)29(31(30)34(38)40)24-13-7-6-12-23(24)28/h3-17,28-31H,2,18H2,1H3/b37-17+. The minimum absolute atomic E-state index is 0.169. The van der Waals surface area contributed by atoms with Crippen molar-refractivity contribution < 1.29 is 19.1 Å². The molecule has 1 heterocycles. The van der Waals surface area contributed by atoms with Crippen LogP contribution in [0.1, 0.15) is 52.1 Å². The molecule has 3 aliphatic carbocycles. The fourth-order valence-electron chi connectivity index (χ4n) is 6.73. The van der Waals surface area contributed by atoms with Crippen LogP contribution in [0.2, 0.25) is 5.02 Å². The van der Waals surface area contributed by atoms with Crippen LogP contribution in [0.15, 0.2) is 94.5 Å². The molecule has 0 aromatic heterocycles. The normalized spacial score (nSPS) is 21.8. The highest BCUT2D eigenvalue weighted by molar-refractivity contribution is 9.10. The van der Waals surface area contributed by atoms with Gasteiger partial charge in [0.05, 0.1) is 29.1 Å². The van der Waals surface area contributed by atoms with Gasteiger partial charge in [0.25, 0.3) is 11.8 Å². The summed E-state index contributed by atoms with van der Waals surface area (Å²) in [5, 5.41) is 6.15. The molecule has 210 valence electrons. The van der Waals surface area contributed by atoms with E-state index in [0.29, 0.717) is 33.2 Å². The highest BCUT2D eigenvalue weighted by Gasteiger charge is 2.61. The first-order valence-electron chi connectivity index (χ1n) is 13.9. The van der Waals surface area contributed by atoms with Gasteiger partial charge in [0, 0.05) is 22.4 Å². The van der Waals surface area contributed by atoms with Crippen LogP contribution in [0.25, 0.3) is 0 Å². The van der Waals surface area contributed by atoms with Crippen LogP contribution in [0, 0.1) is 11.8 Å². The van der Waals surface area contributed by atoms with Crippen LogP contribution in [-0.2, 0) is 16.2 Å². The first kappa shape index (κ1) is 26.9. The van der Waals surface area contributed by atoms with E-state index in [-0.39, 0.29) is 30.3 Å². The van der Waals surface area contributed by atoms with E-state index in [2.05, 4.69) is 45.3 Å². The molecule has 1 aliphatic heterocycles. The topological polar surface area (TPSA) is 68.2 Å². The number of imide groups is 1. The lowest BCUT2D eigenvalue weighted by molar-refractivity contribution is -0.139. The largest absolute Gasteiger partial charge is 0.490 e. The van der Waals surface area contributed by atoms with E-state index in [4.69, 9.17) is 21.1 Å². The molecule has 2 atom stereocenters. The van der Waals surface area contributed by atoms with Crippen LogP contribution in [0.5, 0.6) is 11.5 Å². The molecule has 1 saturated heterocycles. The summed E-state index contributed by atoms with van der Waals surface area (Å²) in [5.41, 5.74) is 6.03. The van der Waals surface area contributed by atoms with E-state index in [1.54, 1.807) is 6.07 Å². The molecule has 0 spiro atoms. The maximum atomic E-state index is 13.8. The van der Waals surface area contributed by atoms with Gasteiger partial charge in [-0.3, -0.25) is 9.59 Å². The number of hydrogen-bond acceptors (Lipinski definition) is 5. The van der Waals surface area contributed by atoms with E-state index in [1.165, 1.54) is 6.21 Å². The Hall–Kier alpha value is -3.94. The maximum Gasteiger partial charge on any atom is 0.254 e. The lowest BCUT2D eigenvalue weighted by Gasteiger charge is -2.45. The monoisotopic (exact) mass is 640 g/mol. The van der Waals surface area contributed by atoms with Crippen LogP contribution in [0.3, 0.4) is 0 Å². The van der Waals surface area contributed by atoms with Gasteiger partial charge in [-0.15, -0.1) is 0 Å². The zero-order valence-corrected chi connectivity index (χ0v) is 25.0. The molecule has 0 N–H and O–H groups in total. The summed E-state index contributed by atoms with van der Waals surface area (Å²) >= 11 is 9.90. The molecular weight excluding hydrogens is 616 g/mol. The van der Waals surface area contributed by atoms with Crippen molar-refractivity contribution in [3.05, 3.63) is 128 Å². The summed E-state index contributed by atoms with van der Waals surface area (Å²) in [7, 11) is 0. The van der Waals surface area contributed by atoms with Gasteiger partial charge >= 0.3 is 0 Å². The lowest BCUT2D eigenvalue weighted by Crippen LogP contribution is -2.41. The van der Waals surface area contributed by atoms with E-state index in [9.17, 15) is 9.59 Å². The van der Waals surface area contributed by atoms with Gasteiger partial charge < -0.3 is 9.47 Å². The van der Waals surface area contributed by atoms with Gasteiger partial charge in [-0.25, -0.2) is 0 Å². The summed E-state index contributed by atoms with van der Waals surface area (Å²) in [6.07, 6.45) is 1.53. The third-order valence-corrected chi connectivity index (χ3v) is 9.37. The Morgan fingerprint density at radius 2 is 1.38 bits per heavy atom. The molecule has 2 unspecified atom stereocenters. The number of hydrogen-bond donors (Lipinski definition) is 0. The number of carbonyl (C=O) groups is 2. The van der Waals surface area contributed by atoms with Crippen LogP contribution in [0.4, 0.5) is 0 Å². The van der Waals surface area contributed by atoms with Gasteiger partial charge in [0.1, 0.15) is 6.61 Å². The van der Waals surface area contributed by atoms with E-state index < -0.39 is 11.8 Å². The molecule has 2 amide bonds. The molecule has 4 aromatic carbocycles. The Morgan fingerprint density at radius 1 is 0.833 bits per heavy atom. The molecule has 0 saturated carbocycles. The maximum absolute atomic E-state index is 13.8. The zero-order valence-electron chi connectivity index (χ0n) is 22.7. The van der Waals surface area contributed by atoms with Crippen LogP contribution in [-0.4, -0.2) is 29.6 Å². The van der Waals surface area contributed by atoms with Crippen molar-refractivity contribution >= 4 is 45.6 Å². The lowest BCUT2D eigenvalue weighted by atomic mass is 9.55. The number of nitrogens with zero attached hydrogens (tertiary/aromatic N) is 2. The molecule has 8 heteroatoms. The van der Waals surface area contributed by atoms with E-state index >= 15 is 0 Å². The fourth-order valence-corrected chi connectivity index (χ4v) is 7.50. The quantitative estimate of drug-likeness (QED) is 0.157. The third kappa shape index (κ3) is 4.26. The molecule has 42 heavy (non-hydrogen) atoms. The zero-order chi connectivity index (χ0) is 29.0. The Kier molecular flexibility index (Phi) is 6.87. The number of benzene rings is 4. The number of amides is 2. The summed E-state index contributed by atoms with van der Waals surface area (Å²) in [6.45, 7) is 2.57. The number of hydrazone groups is 1. The smallest absolute Gasteiger partial charge is 0.254 e. The third-order valence-electron chi connectivity index (χ3n) is 8.41. The predicted octanol–water partition coefficient (Wildman–Crippen LogP) is 7.31. The van der Waals surface area contributed by atoms with Crippen molar-refractivity contribution in [3.63, 3.8) is 0 Å². The summed E-state index contributed by atoms with van der Waals surface area (Å²) in [6, 6.07) is 27.5. The predicted molar refractivity (Wildman–Crippen MR) is 164 cm³/mol. The Labute approximate surface area is 257 Å². The number of carbonyl (C=O) groups excluding carboxylic acids is 2. The second-order valence-corrected chi connectivity index (χ2v) is 11.9. The van der Waals surface area contributed by atoms with Crippen LogP contribution >= 0.6 is 27.5 Å². The summed E-state index contributed by atoms with van der Waals surface area (Å²) in [4.78, 5) is 27.7. The molecule has 8 rings (SSSR count). The van der Waals surface area contributed by atoms with Gasteiger partial charge in [-0.05, 0) is 68.9 Å². The average molecular weight is 642 g/mol. The molecular formula is C34H26BrClN2O4.